The molecular weight excluding hydrogens is 412 g/mol. The van der Waals surface area contributed by atoms with Crippen molar-refractivity contribution >= 4 is 27.4 Å². The number of thioether (sulfide) groups is 1. The van der Waals surface area contributed by atoms with E-state index in [-0.39, 0.29) is 22.3 Å². The average molecular weight is 435 g/mol. The van der Waals surface area contributed by atoms with Gasteiger partial charge in [0.1, 0.15) is 0 Å². The fourth-order valence-electron chi connectivity index (χ4n) is 3.68. The molecule has 3 aromatic carbocycles. The minimum Gasteiger partial charge on any atom is -0.294 e. The SMILES string of the molecule is O=C1CC(c2ccccc2)CC(Sc2ccccc2)=C1CS(=O)(=O)c1ccccc1. The first-order valence-corrected chi connectivity index (χ1v) is 12.3. The van der Waals surface area contributed by atoms with Gasteiger partial charge in [0, 0.05) is 16.9 Å². The average Bonchev–Trinajstić information content (AvgIpc) is 2.78. The highest BCUT2D eigenvalue weighted by molar-refractivity contribution is 8.03. The predicted molar refractivity (Wildman–Crippen MR) is 121 cm³/mol. The van der Waals surface area contributed by atoms with Gasteiger partial charge in [-0.05, 0) is 47.1 Å². The second-order valence-electron chi connectivity index (χ2n) is 7.33. The molecular formula is C25H22O3S2. The summed E-state index contributed by atoms with van der Waals surface area (Å²) in [5, 5.41) is 0. The second kappa shape index (κ2) is 9.02. The van der Waals surface area contributed by atoms with Crippen LogP contribution in [0.2, 0.25) is 0 Å². The molecule has 1 atom stereocenters. The predicted octanol–water partition coefficient (Wildman–Crippen LogP) is 5.65. The van der Waals surface area contributed by atoms with E-state index in [4.69, 9.17) is 0 Å². The summed E-state index contributed by atoms with van der Waals surface area (Å²) in [6, 6.07) is 28.1. The Morgan fingerprint density at radius 1 is 0.767 bits per heavy atom. The highest BCUT2D eigenvalue weighted by Gasteiger charge is 2.32. The maximum atomic E-state index is 13.2. The van der Waals surface area contributed by atoms with Gasteiger partial charge in [-0.15, -0.1) is 0 Å². The van der Waals surface area contributed by atoms with Crippen LogP contribution >= 0.6 is 11.8 Å². The first kappa shape index (κ1) is 20.6. The van der Waals surface area contributed by atoms with Crippen molar-refractivity contribution in [2.75, 3.05) is 5.75 Å². The number of sulfone groups is 1. The van der Waals surface area contributed by atoms with Crippen molar-refractivity contribution in [3.8, 4) is 0 Å². The highest BCUT2D eigenvalue weighted by Crippen LogP contribution is 2.42. The number of Topliss-reactive ketones (excluding diaryl/α,β-unsaturated/α-hetero) is 1. The Morgan fingerprint density at radius 2 is 1.33 bits per heavy atom. The lowest BCUT2D eigenvalue weighted by atomic mass is 9.84. The van der Waals surface area contributed by atoms with Gasteiger partial charge in [-0.1, -0.05) is 78.5 Å². The van der Waals surface area contributed by atoms with Gasteiger partial charge in [-0.3, -0.25) is 4.79 Å². The summed E-state index contributed by atoms with van der Waals surface area (Å²) in [6.07, 6.45) is 0.997. The number of carbonyl (C=O) groups is 1. The first-order valence-electron chi connectivity index (χ1n) is 9.84. The van der Waals surface area contributed by atoms with Crippen molar-refractivity contribution in [3.05, 3.63) is 107 Å². The summed E-state index contributed by atoms with van der Waals surface area (Å²) in [7, 11) is -3.59. The standard InChI is InChI=1S/C25H22O3S2/c26-24-16-20(19-10-4-1-5-11-19)17-25(29-21-12-6-2-7-13-21)23(24)18-30(27,28)22-14-8-3-9-15-22/h1-15,20H,16-18H2. The van der Waals surface area contributed by atoms with Crippen LogP contribution in [0.5, 0.6) is 0 Å². The van der Waals surface area contributed by atoms with Crippen LogP contribution in [0, 0.1) is 0 Å². The number of benzene rings is 3. The molecule has 0 saturated carbocycles. The van der Waals surface area contributed by atoms with Crippen molar-refractivity contribution in [2.24, 2.45) is 0 Å². The van der Waals surface area contributed by atoms with Gasteiger partial charge >= 0.3 is 0 Å². The molecule has 0 saturated heterocycles. The summed E-state index contributed by atoms with van der Waals surface area (Å²) in [6.45, 7) is 0. The van der Waals surface area contributed by atoms with E-state index in [0.29, 0.717) is 18.4 Å². The lowest BCUT2D eigenvalue weighted by Crippen LogP contribution is -2.23. The third kappa shape index (κ3) is 4.74. The molecule has 0 aromatic heterocycles. The summed E-state index contributed by atoms with van der Waals surface area (Å²) < 4.78 is 26.0. The van der Waals surface area contributed by atoms with E-state index in [1.165, 1.54) is 11.8 Å². The van der Waals surface area contributed by atoms with Crippen LogP contribution in [-0.2, 0) is 14.6 Å². The molecule has 152 valence electrons. The molecule has 0 aliphatic heterocycles. The van der Waals surface area contributed by atoms with Crippen molar-refractivity contribution < 1.29 is 13.2 Å². The molecule has 0 radical (unpaired) electrons. The number of carbonyl (C=O) groups excluding carboxylic acids is 1. The van der Waals surface area contributed by atoms with Gasteiger partial charge in [0.25, 0.3) is 0 Å². The van der Waals surface area contributed by atoms with Crippen molar-refractivity contribution in [1.29, 1.82) is 0 Å². The molecule has 0 spiro atoms. The molecule has 5 heteroatoms. The molecule has 0 bridgehead atoms. The van der Waals surface area contributed by atoms with Crippen molar-refractivity contribution in [2.45, 2.75) is 28.6 Å². The van der Waals surface area contributed by atoms with Crippen LogP contribution < -0.4 is 0 Å². The van der Waals surface area contributed by atoms with Crippen LogP contribution in [0.3, 0.4) is 0 Å². The monoisotopic (exact) mass is 434 g/mol. The van der Waals surface area contributed by atoms with Crippen LogP contribution in [0.25, 0.3) is 0 Å². The van der Waals surface area contributed by atoms with Gasteiger partial charge < -0.3 is 0 Å². The molecule has 0 amide bonds. The molecule has 1 aliphatic rings. The number of hydrogen-bond acceptors (Lipinski definition) is 4. The Balaban J connectivity index is 1.71. The maximum Gasteiger partial charge on any atom is 0.182 e. The van der Waals surface area contributed by atoms with E-state index in [0.717, 1.165) is 15.4 Å². The molecule has 1 unspecified atom stereocenters. The zero-order chi connectivity index (χ0) is 21.0. The normalized spacial score (nSPS) is 17.2. The Morgan fingerprint density at radius 3 is 1.97 bits per heavy atom. The Bertz CT molecular complexity index is 1150. The van der Waals surface area contributed by atoms with Crippen LogP contribution in [-0.4, -0.2) is 20.0 Å². The van der Waals surface area contributed by atoms with E-state index in [1.54, 1.807) is 30.3 Å². The molecule has 30 heavy (non-hydrogen) atoms. The molecule has 4 rings (SSSR count). The number of ketones is 1. The summed E-state index contributed by atoms with van der Waals surface area (Å²) in [5.41, 5.74) is 1.54. The van der Waals surface area contributed by atoms with Gasteiger partial charge in [0.2, 0.25) is 0 Å². The fraction of sp³-hybridized carbons (Fsp3) is 0.160. The zero-order valence-corrected chi connectivity index (χ0v) is 18.0. The van der Waals surface area contributed by atoms with Gasteiger partial charge in [-0.2, -0.15) is 0 Å². The third-order valence-corrected chi connectivity index (χ3v) is 8.06. The topological polar surface area (TPSA) is 51.2 Å². The number of rotatable bonds is 6. The maximum absolute atomic E-state index is 13.2. The van der Waals surface area contributed by atoms with Gasteiger partial charge in [-0.25, -0.2) is 8.42 Å². The zero-order valence-electron chi connectivity index (χ0n) is 16.4. The number of allylic oxidation sites excluding steroid dienone is 1. The molecule has 3 nitrogen and oxygen atoms in total. The summed E-state index contributed by atoms with van der Waals surface area (Å²) in [5.74, 6) is -0.270. The molecule has 0 heterocycles. The lowest BCUT2D eigenvalue weighted by Gasteiger charge is -2.26. The number of hydrogen-bond donors (Lipinski definition) is 0. The largest absolute Gasteiger partial charge is 0.294 e. The van der Waals surface area contributed by atoms with E-state index >= 15 is 0 Å². The lowest BCUT2D eigenvalue weighted by molar-refractivity contribution is -0.116. The Labute approximate surface area is 181 Å². The van der Waals surface area contributed by atoms with Crippen LogP contribution in [0.4, 0.5) is 0 Å². The smallest absolute Gasteiger partial charge is 0.182 e. The molecule has 3 aromatic rings. The summed E-state index contributed by atoms with van der Waals surface area (Å²) in [4.78, 5) is 15.3. The van der Waals surface area contributed by atoms with Gasteiger partial charge in [0.05, 0.1) is 10.6 Å². The first-order chi connectivity index (χ1) is 14.5. The Kier molecular flexibility index (Phi) is 6.21. The molecule has 0 N–H and O–H groups in total. The van der Waals surface area contributed by atoms with E-state index in [1.807, 2.05) is 60.7 Å². The third-order valence-electron chi connectivity index (χ3n) is 5.23. The van der Waals surface area contributed by atoms with E-state index < -0.39 is 9.84 Å². The van der Waals surface area contributed by atoms with Crippen molar-refractivity contribution in [1.82, 2.24) is 0 Å². The second-order valence-corrected chi connectivity index (χ2v) is 10.5. The van der Waals surface area contributed by atoms with E-state index in [2.05, 4.69) is 0 Å². The quantitative estimate of drug-likeness (QED) is 0.503. The summed E-state index contributed by atoms with van der Waals surface area (Å²) >= 11 is 1.51. The van der Waals surface area contributed by atoms with Gasteiger partial charge in [0.15, 0.2) is 15.6 Å². The minimum absolute atomic E-state index is 0.0630. The molecule has 0 fully saturated rings. The molecule has 1 aliphatic carbocycles. The minimum atomic E-state index is -3.59. The van der Waals surface area contributed by atoms with Crippen molar-refractivity contribution in [3.63, 3.8) is 0 Å². The fourth-order valence-corrected chi connectivity index (χ4v) is 6.40. The Hall–Kier alpha value is -2.63. The van der Waals surface area contributed by atoms with Crippen LogP contribution in [0.15, 0.2) is 111 Å². The van der Waals surface area contributed by atoms with E-state index in [9.17, 15) is 13.2 Å². The van der Waals surface area contributed by atoms with Crippen LogP contribution in [0.1, 0.15) is 24.3 Å². The highest BCUT2D eigenvalue weighted by atomic mass is 32.2.